The number of nitrogens with zero attached hydrogens (tertiary/aromatic N) is 3. The molecule has 106 valence electrons. The fraction of sp³-hybridized carbons (Fsp3) is 0.133. The number of hydrogen-bond acceptors (Lipinski definition) is 4. The third kappa shape index (κ3) is 2.10. The minimum absolute atomic E-state index is 0.527. The third-order valence-electron chi connectivity index (χ3n) is 3.43. The molecule has 1 aromatic carbocycles. The summed E-state index contributed by atoms with van der Waals surface area (Å²) in [5, 5.41) is 9.36. The second kappa shape index (κ2) is 4.90. The first kappa shape index (κ1) is 13.1. The lowest BCUT2D eigenvalue weighted by atomic mass is 10.2. The average Bonchev–Trinajstić information content (AvgIpc) is 2.88. The number of aromatic nitrogens is 3. The summed E-state index contributed by atoms with van der Waals surface area (Å²) >= 11 is 0. The molecular formula is C15H14N4O2. The van der Waals surface area contributed by atoms with Gasteiger partial charge >= 0.3 is 5.97 Å². The van der Waals surface area contributed by atoms with Crippen molar-refractivity contribution in [2.45, 2.75) is 13.0 Å². The number of fused-ring (bicyclic) bond motifs is 1. The summed E-state index contributed by atoms with van der Waals surface area (Å²) in [5.74, 6) is -0.354. The summed E-state index contributed by atoms with van der Waals surface area (Å²) in [5.41, 5.74) is 8.60. The van der Waals surface area contributed by atoms with Crippen LogP contribution in [0.25, 0.3) is 22.4 Å². The molecule has 0 saturated carbocycles. The first-order valence-corrected chi connectivity index (χ1v) is 6.49. The van der Waals surface area contributed by atoms with Gasteiger partial charge in [0.2, 0.25) is 0 Å². The number of rotatable bonds is 3. The summed E-state index contributed by atoms with van der Waals surface area (Å²) in [6, 6.07) is 8.20. The lowest BCUT2D eigenvalue weighted by molar-refractivity contribution is -0.140. The normalized spacial score (nSPS) is 12.4. The average molecular weight is 282 g/mol. The number of imidazole rings is 1. The molecule has 21 heavy (non-hydrogen) atoms. The van der Waals surface area contributed by atoms with Crippen molar-refractivity contribution in [2.75, 3.05) is 5.73 Å². The number of carbonyl (C=O) groups is 1. The van der Waals surface area contributed by atoms with Crippen LogP contribution >= 0.6 is 0 Å². The molecule has 0 fully saturated rings. The van der Waals surface area contributed by atoms with Gasteiger partial charge in [-0.15, -0.1) is 0 Å². The minimum atomic E-state index is -0.924. The van der Waals surface area contributed by atoms with Gasteiger partial charge in [0.05, 0.1) is 11.2 Å². The van der Waals surface area contributed by atoms with Gasteiger partial charge in [-0.2, -0.15) is 0 Å². The minimum Gasteiger partial charge on any atom is -0.480 e. The molecule has 6 heteroatoms. The molecule has 1 unspecified atom stereocenters. The van der Waals surface area contributed by atoms with Crippen molar-refractivity contribution < 1.29 is 9.90 Å². The highest BCUT2D eigenvalue weighted by Gasteiger charge is 2.22. The monoisotopic (exact) mass is 282 g/mol. The molecule has 3 rings (SSSR count). The maximum Gasteiger partial charge on any atom is 0.326 e. The molecule has 0 aliphatic carbocycles. The van der Waals surface area contributed by atoms with Crippen LogP contribution in [0.1, 0.15) is 13.0 Å². The number of para-hydroxylation sites is 1. The van der Waals surface area contributed by atoms with E-state index in [0.29, 0.717) is 22.5 Å². The zero-order chi connectivity index (χ0) is 15.0. The largest absolute Gasteiger partial charge is 0.480 e. The summed E-state index contributed by atoms with van der Waals surface area (Å²) in [7, 11) is 0. The Morgan fingerprint density at radius 3 is 2.67 bits per heavy atom. The van der Waals surface area contributed by atoms with Gasteiger partial charge < -0.3 is 15.4 Å². The van der Waals surface area contributed by atoms with Crippen LogP contribution in [0, 0.1) is 0 Å². The van der Waals surface area contributed by atoms with E-state index in [9.17, 15) is 9.90 Å². The zero-order valence-electron chi connectivity index (χ0n) is 11.4. The van der Waals surface area contributed by atoms with Crippen molar-refractivity contribution in [1.82, 2.24) is 14.5 Å². The quantitative estimate of drug-likeness (QED) is 0.719. The van der Waals surface area contributed by atoms with Crippen molar-refractivity contribution in [2.24, 2.45) is 0 Å². The van der Waals surface area contributed by atoms with Crippen LogP contribution in [0.2, 0.25) is 0 Å². The van der Waals surface area contributed by atoms with E-state index in [1.54, 1.807) is 48.1 Å². The Hall–Kier alpha value is -2.89. The fourth-order valence-corrected chi connectivity index (χ4v) is 2.35. The predicted molar refractivity (Wildman–Crippen MR) is 79.7 cm³/mol. The molecule has 3 aromatic rings. The Kier molecular flexibility index (Phi) is 3.06. The first-order chi connectivity index (χ1) is 10.1. The molecule has 0 spiro atoms. The predicted octanol–water partition coefficient (Wildman–Crippen LogP) is 2.33. The number of carboxylic acids is 1. The second-order valence-corrected chi connectivity index (χ2v) is 4.77. The van der Waals surface area contributed by atoms with Gasteiger partial charge in [0.1, 0.15) is 17.4 Å². The van der Waals surface area contributed by atoms with Crippen LogP contribution < -0.4 is 5.73 Å². The summed E-state index contributed by atoms with van der Waals surface area (Å²) < 4.78 is 1.68. The van der Waals surface area contributed by atoms with Crippen LogP contribution in [-0.4, -0.2) is 25.6 Å². The Morgan fingerprint density at radius 2 is 2.00 bits per heavy atom. The fourth-order valence-electron chi connectivity index (χ4n) is 2.35. The summed E-state index contributed by atoms with van der Waals surface area (Å²) in [6.07, 6.45) is 3.29. The zero-order valence-corrected chi connectivity index (χ0v) is 11.4. The molecule has 0 bridgehead atoms. The van der Waals surface area contributed by atoms with E-state index in [4.69, 9.17) is 5.73 Å². The first-order valence-electron chi connectivity index (χ1n) is 6.49. The lowest BCUT2D eigenvalue weighted by Crippen LogP contribution is -2.16. The van der Waals surface area contributed by atoms with Crippen LogP contribution in [0.4, 0.5) is 5.69 Å². The highest BCUT2D eigenvalue weighted by Crippen LogP contribution is 2.30. The molecule has 2 heterocycles. The Bertz CT molecular complexity index is 811. The standard InChI is InChI=1S/C15H14N4O2/c1-9(15(20)21)19-12-4-2-3-11(16)13(12)18-14(19)10-5-7-17-8-6-10/h2-9H,16H2,1H3,(H,20,21). The van der Waals surface area contributed by atoms with Crippen molar-refractivity contribution in [3.63, 3.8) is 0 Å². The molecule has 2 aromatic heterocycles. The van der Waals surface area contributed by atoms with E-state index in [1.807, 2.05) is 6.07 Å². The van der Waals surface area contributed by atoms with E-state index in [-0.39, 0.29) is 0 Å². The van der Waals surface area contributed by atoms with Crippen molar-refractivity contribution in [1.29, 1.82) is 0 Å². The number of benzene rings is 1. The molecule has 0 aliphatic heterocycles. The van der Waals surface area contributed by atoms with Gasteiger partial charge in [-0.25, -0.2) is 9.78 Å². The van der Waals surface area contributed by atoms with Gasteiger partial charge in [-0.3, -0.25) is 4.98 Å². The Balaban J connectivity index is 2.35. The second-order valence-electron chi connectivity index (χ2n) is 4.77. The summed E-state index contributed by atoms with van der Waals surface area (Å²) in [4.78, 5) is 19.9. The maximum atomic E-state index is 11.4. The molecule has 1 atom stereocenters. The molecule has 6 nitrogen and oxygen atoms in total. The Labute approximate surface area is 120 Å². The number of nitrogens with two attached hydrogens (primary N) is 1. The number of carboxylic acid groups (broad SMARTS) is 1. The number of anilines is 1. The van der Waals surface area contributed by atoms with Crippen molar-refractivity contribution in [3.8, 4) is 11.4 Å². The van der Waals surface area contributed by atoms with E-state index in [1.165, 1.54) is 0 Å². The highest BCUT2D eigenvalue weighted by atomic mass is 16.4. The highest BCUT2D eigenvalue weighted by molar-refractivity contribution is 5.91. The van der Waals surface area contributed by atoms with Gasteiger partial charge in [-0.05, 0) is 31.2 Å². The Morgan fingerprint density at radius 1 is 1.29 bits per heavy atom. The van der Waals surface area contributed by atoms with Gasteiger partial charge in [-0.1, -0.05) is 6.07 Å². The SMILES string of the molecule is CC(C(=O)O)n1c(-c2ccncc2)nc2c(N)cccc21. The van der Waals surface area contributed by atoms with E-state index >= 15 is 0 Å². The molecular weight excluding hydrogens is 268 g/mol. The van der Waals surface area contributed by atoms with Gasteiger partial charge in [0.15, 0.2) is 0 Å². The number of aliphatic carboxylic acids is 1. The van der Waals surface area contributed by atoms with Crippen LogP contribution in [-0.2, 0) is 4.79 Å². The topological polar surface area (TPSA) is 94.0 Å². The number of hydrogen-bond donors (Lipinski definition) is 2. The van der Waals surface area contributed by atoms with Crippen molar-refractivity contribution >= 4 is 22.7 Å². The van der Waals surface area contributed by atoms with Crippen molar-refractivity contribution in [3.05, 3.63) is 42.7 Å². The van der Waals surface area contributed by atoms with E-state index in [0.717, 1.165) is 5.56 Å². The molecule has 3 N–H and O–H groups in total. The van der Waals surface area contributed by atoms with E-state index in [2.05, 4.69) is 9.97 Å². The van der Waals surface area contributed by atoms with Gasteiger partial charge in [0.25, 0.3) is 0 Å². The van der Waals surface area contributed by atoms with Crippen LogP contribution in [0.3, 0.4) is 0 Å². The van der Waals surface area contributed by atoms with Crippen LogP contribution in [0.15, 0.2) is 42.7 Å². The molecule has 0 amide bonds. The summed E-state index contributed by atoms with van der Waals surface area (Å²) in [6.45, 7) is 1.62. The number of nitrogen functional groups attached to an aromatic ring is 1. The maximum absolute atomic E-state index is 11.4. The molecule has 0 aliphatic rings. The van der Waals surface area contributed by atoms with E-state index < -0.39 is 12.0 Å². The van der Waals surface area contributed by atoms with Gasteiger partial charge in [0, 0.05) is 18.0 Å². The van der Waals surface area contributed by atoms with Crippen LogP contribution in [0.5, 0.6) is 0 Å². The number of pyridine rings is 1. The third-order valence-corrected chi connectivity index (χ3v) is 3.43. The molecule has 0 saturated heterocycles. The lowest BCUT2D eigenvalue weighted by Gasteiger charge is -2.13. The molecule has 0 radical (unpaired) electrons. The smallest absolute Gasteiger partial charge is 0.326 e.